The standard InChI is InChI=1S/C16H24NO5/c1-16(2,3)17(22-7)10-11-8-12(19-4)9-13(20-5)14(11)15(18)21-6/h8-10H,1-7H3/q+1/b17-10-. The summed E-state index contributed by atoms with van der Waals surface area (Å²) in [6.45, 7) is 5.96. The topological polar surface area (TPSA) is 57.0 Å². The number of hydrogen-bond acceptors (Lipinski definition) is 5. The number of hydrogen-bond donors (Lipinski definition) is 0. The SMILES string of the molecule is COC(=O)c1c(/C=[N+](\OC)C(C)(C)C)cc(OC)cc1OC. The molecular weight excluding hydrogens is 286 g/mol. The molecule has 0 bridgehead atoms. The number of carbonyl (C=O) groups excluding carboxylic acids is 1. The number of esters is 1. The van der Waals surface area contributed by atoms with Gasteiger partial charge in [-0.3, -0.25) is 4.84 Å². The predicted molar refractivity (Wildman–Crippen MR) is 83.1 cm³/mol. The van der Waals surface area contributed by atoms with Crippen molar-refractivity contribution in [2.24, 2.45) is 0 Å². The molecule has 0 aliphatic heterocycles. The highest BCUT2D eigenvalue weighted by molar-refractivity contribution is 6.01. The third-order valence-electron chi connectivity index (χ3n) is 3.07. The molecule has 0 heterocycles. The predicted octanol–water partition coefficient (Wildman–Crippen LogP) is 2.28. The van der Waals surface area contributed by atoms with Gasteiger partial charge in [0, 0.05) is 26.8 Å². The second-order valence-electron chi connectivity index (χ2n) is 5.59. The van der Waals surface area contributed by atoms with Gasteiger partial charge >= 0.3 is 5.97 Å². The minimum atomic E-state index is -0.490. The quantitative estimate of drug-likeness (QED) is 0.361. The lowest BCUT2D eigenvalue weighted by molar-refractivity contribution is -0.821. The molecule has 0 atom stereocenters. The van der Waals surface area contributed by atoms with Gasteiger partial charge in [-0.25, -0.2) is 4.79 Å². The van der Waals surface area contributed by atoms with E-state index in [2.05, 4.69) is 0 Å². The van der Waals surface area contributed by atoms with Crippen LogP contribution < -0.4 is 9.47 Å². The van der Waals surface area contributed by atoms with Gasteiger partial charge < -0.3 is 14.2 Å². The van der Waals surface area contributed by atoms with Crippen LogP contribution in [0, 0.1) is 0 Å². The van der Waals surface area contributed by atoms with Crippen molar-refractivity contribution >= 4 is 12.2 Å². The fraction of sp³-hybridized carbons (Fsp3) is 0.500. The molecule has 6 heteroatoms. The maximum Gasteiger partial charge on any atom is 0.342 e. The number of carbonyl (C=O) groups is 1. The van der Waals surface area contributed by atoms with Gasteiger partial charge in [-0.1, -0.05) is 0 Å². The van der Waals surface area contributed by atoms with Gasteiger partial charge in [0.15, 0.2) is 0 Å². The van der Waals surface area contributed by atoms with Gasteiger partial charge in [-0.2, -0.15) is 0 Å². The van der Waals surface area contributed by atoms with Gasteiger partial charge in [0.2, 0.25) is 11.8 Å². The normalized spacial score (nSPS) is 11.9. The zero-order valence-electron chi connectivity index (χ0n) is 14.2. The Bertz CT molecular complexity index is 573. The molecule has 0 saturated heterocycles. The molecule has 1 aromatic rings. The van der Waals surface area contributed by atoms with E-state index in [-0.39, 0.29) is 5.54 Å². The molecule has 1 aromatic carbocycles. The summed E-state index contributed by atoms with van der Waals surface area (Å²) in [4.78, 5) is 17.5. The van der Waals surface area contributed by atoms with E-state index in [4.69, 9.17) is 19.0 Å². The lowest BCUT2D eigenvalue weighted by atomic mass is 10.1. The van der Waals surface area contributed by atoms with Crippen molar-refractivity contribution in [1.82, 2.24) is 0 Å². The zero-order chi connectivity index (χ0) is 16.9. The van der Waals surface area contributed by atoms with Crippen LogP contribution in [0.5, 0.6) is 11.5 Å². The Hall–Kier alpha value is -2.24. The van der Waals surface area contributed by atoms with Crippen molar-refractivity contribution in [2.75, 3.05) is 28.4 Å². The molecule has 122 valence electrons. The number of rotatable bonds is 5. The van der Waals surface area contributed by atoms with Crippen LogP contribution in [0.2, 0.25) is 0 Å². The summed E-state index contributed by atoms with van der Waals surface area (Å²) in [6.07, 6.45) is 1.72. The van der Waals surface area contributed by atoms with E-state index in [1.807, 2.05) is 20.8 Å². The van der Waals surface area contributed by atoms with E-state index in [0.29, 0.717) is 22.6 Å². The number of ether oxygens (including phenoxy) is 3. The first kappa shape index (κ1) is 17.8. The maximum atomic E-state index is 12.1. The first-order chi connectivity index (χ1) is 10.3. The van der Waals surface area contributed by atoms with Crippen LogP contribution in [-0.2, 0) is 9.57 Å². The van der Waals surface area contributed by atoms with Gasteiger partial charge in [-0.05, 0) is 10.8 Å². The van der Waals surface area contributed by atoms with Crippen molar-refractivity contribution in [3.8, 4) is 11.5 Å². The van der Waals surface area contributed by atoms with Crippen LogP contribution in [0.25, 0.3) is 0 Å². The molecule has 0 radical (unpaired) electrons. The Balaban J connectivity index is 3.62. The van der Waals surface area contributed by atoms with Crippen LogP contribution in [0.4, 0.5) is 0 Å². The summed E-state index contributed by atoms with van der Waals surface area (Å²) in [5.74, 6) is 0.457. The fourth-order valence-electron chi connectivity index (χ4n) is 1.96. The molecule has 0 saturated carbocycles. The summed E-state index contributed by atoms with van der Waals surface area (Å²) in [5, 5.41) is 0. The van der Waals surface area contributed by atoms with E-state index in [1.54, 1.807) is 37.3 Å². The maximum absolute atomic E-state index is 12.1. The molecule has 0 aromatic heterocycles. The summed E-state index contributed by atoms with van der Waals surface area (Å²) in [5.41, 5.74) is 0.607. The second-order valence-corrected chi connectivity index (χ2v) is 5.59. The van der Waals surface area contributed by atoms with Gasteiger partial charge in [-0.15, -0.1) is 0 Å². The number of methoxy groups -OCH3 is 3. The lowest BCUT2D eigenvalue weighted by Crippen LogP contribution is -2.33. The number of benzene rings is 1. The highest BCUT2D eigenvalue weighted by Crippen LogP contribution is 2.29. The molecule has 1 rings (SSSR count). The Morgan fingerprint density at radius 3 is 2.14 bits per heavy atom. The van der Waals surface area contributed by atoms with Crippen LogP contribution in [0.1, 0.15) is 36.7 Å². The van der Waals surface area contributed by atoms with Gasteiger partial charge in [0.05, 0.1) is 26.9 Å². The monoisotopic (exact) mass is 310 g/mol. The van der Waals surface area contributed by atoms with Crippen molar-refractivity contribution in [1.29, 1.82) is 0 Å². The third-order valence-corrected chi connectivity index (χ3v) is 3.07. The highest BCUT2D eigenvalue weighted by atomic mass is 16.7. The van der Waals surface area contributed by atoms with Gasteiger partial charge in [0.25, 0.3) is 0 Å². The molecule has 0 fully saturated rings. The first-order valence-electron chi connectivity index (χ1n) is 6.81. The first-order valence-corrected chi connectivity index (χ1v) is 6.81. The summed E-state index contributed by atoms with van der Waals surface area (Å²) >= 11 is 0. The second kappa shape index (κ2) is 7.15. The highest BCUT2D eigenvalue weighted by Gasteiger charge is 2.29. The summed E-state index contributed by atoms with van der Waals surface area (Å²) in [6, 6.07) is 3.37. The molecule has 0 N–H and O–H groups in total. The smallest absolute Gasteiger partial charge is 0.342 e. The lowest BCUT2D eigenvalue weighted by Gasteiger charge is -2.15. The van der Waals surface area contributed by atoms with Crippen LogP contribution in [0.15, 0.2) is 12.1 Å². The van der Waals surface area contributed by atoms with Crippen molar-refractivity contribution in [2.45, 2.75) is 26.3 Å². The number of hydroxylamine groups is 1. The van der Waals surface area contributed by atoms with Crippen molar-refractivity contribution in [3.05, 3.63) is 23.3 Å². The molecule has 0 aliphatic carbocycles. The average molecular weight is 310 g/mol. The molecule has 0 unspecified atom stereocenters. The Kier molecular flexibility index (Phi) is 5.79. The molecule has 0 aliphatic rings. The summed E-state index contributed by atoms with van der Waals surface area (Å²) < 4.78 is 17.0. The number of nitrogens with zero attached hydrogens (tertiary/aromatic N) is 1. The van der Waals surface area contributed by atoms with Crippen LogP contribution in [0.3, 0.4) is 0 Å². The molecule has 0 amide bonds. The van der Waals surface area contributed by atoms with Gasteiger partial charge in [0.1, 0.15) is 24.2 Å². The van der Waals surface area contributed by atoms with E-state index in [0.717, 1.165) is 0 Å². The van der Waals surface area contributed by atoms with Crippen LogP contribution >= 0.6 is 0 Å². The van der Waals surface area contributed by atoms with E-state index in [1.165, 1.54) is 14.2 Å². The Morgan fingerprint density at radius 2 is 1.73 bits per heavy atom. The minimum Gasteiger partial charge on any atom is -0.497 e. The average Bonchev–Trinajstić information content (AvgIpc) is 2.49. The Morgan fingerprint density at radius 1 is 1.09 bits per heavy atom. The minimum absolute atomic E-state index is 0.293. The van der Waals surface area contributed by atoms with E-state index in [9.17, 15) is 4.79 Å². The zero-order valence-corrected chi connectivity index (χ0v) is 14.2. The fourth-order valence-corrected chi connectivity index (χ4v) is 1.96. The molecular formula is C16H24NO5+. The van der Waals surface area contributed by atoms with E-state index < -0.39 is 5.97 Å². The van der Waals surface area contributed by atoms with Crippen LogP contribution in [-0.4, -0.2) is 50.9 Å². The molecule has 0 spiro atoms. The summed E-state index contributed by atoms with van der Waals surface area (Å²) in [7, 11) is 5.93. The van der Waals surface area contributed by atoms with E-state index >= 15 is 0 Å². The van der Waals surface area contributed by atoms with Crippen molar-refractivity contribution < 1.29 is 28.6 Å². The third kappa shape index (κ3) is 3.90. The van der Waals surface area contributed by atoms with Crippen molar-refractivity contribution in [3.63, 3.8) is 0 Å². The molecule has 6 nitrogen and oxygen atoms in total. The largest absolute Gasteiger partial charge is 0.497 e. The Labute approximate surface area is 131 Å². The molecule has 22 heavy (non-hydrogen) atoms.